The Labute approximate surface area is 146 Å². The Morgan fingerprint density at radius 1 is 0.960 bits per heavy atom. The molecule has 1 saturated heterocycles. The third-order valence-electron chi connectivity index (χ3n) is 5.03. The van der Waals surface area contributed by atoms with E-state index in [-0.39, 0.29) is 5.82 Å². The summed E-state index contributed by atoms with van der Waals surface area (Å²) in [7, 11) is 0. The average molecular weight is 336 g/mol. The Bertz CT molecular complexity index is 871. The lowest BCUT2D eigenvalue weighted by molar-refractivity contribution is 0.413. The van der Waals surface area contributed by atoms with Crippen LogP contribution in [-0.4, -0.2) is 29.8 Å². The van der Waals surface area contributed by atoms with E-state index in [9.17, 15) is 4.39 Å². The van der Waals surface area contributed by atoms with Crippen molar-refractivity contribution in [1.29, 1.82) is 0 Å². The molecule has 0 spiro atoms. The molecule has 0 unspecified atom stereocenters. The number of halogens is 1. The lowest BCUT2D eigenvalue weighted by Gasteiger charge is -2.32. The predicted molar refractivity (Wildman–Crippen MR) is 98.9 cm³/mol. The molecule has 2 aromatic carbocycles. The number of anilines is 1. The maximum atomic E-state index is 13.2. The van der Waals surface area contributed by atoms with Gasteiger partial charge < -0.3 is 10.6 Å². The molecular formula is C20H21FN4. The van der Waals surface area contributed by atoms with E-state index in [0.29, 0.717) is 5.92 Å². The molecule has 0 radical (unpaired) electrons. The predicted octanol–water partition coefficient (Wildman–Crippen LogP) is 3.61. The SMILES string of the molecule is NCC1CCN(c2nnc(-c3ccc(F)cc3)c3ccccc23)CC1. The minimum Gasteiger partial charge on any atom is -0.355 e. The van der Waals surface area contributed by atoms with Gasteiger partial charge in [0.1, 0.15) is 11.5 Å². The third kappa shape index (κ3) is 3.07. The molecule has 0 amide bonds. The summed E-state index contributed by atoms with van der Waals surface area (Å²) in [6.07, 6.45) is 2.18. The summed E-state index contributed by atoms with van der Waals surface area (Å²) in [5.74, 6) is 1.28. The van der Waals surface area contributed by atoms with E-state index in [2.05, 4.69) is 27.2 Å². The molecule has 25 heavy (non-hydrogen) atoms. The Balaban J connectivity index is 1.76. The molecule has 0 atom stereocenters. The van der Waals surface area contributed by atoms with Crippen molar-refractivity contribution >= 4 is 16.6 Å². The van der Waals surface area contributed by atoms with Crippen molar-refractivity contribution in [3.63, 3.8) is 0 Å². The van der Waals surface area contributed by atoms with Crippen molar-refractivity contribution in [1.82, 2.24) is 10.2 Å². The number of nitrogens with zero attached hydrogens (tertiary/aromatic N) is 3. The number of aromatic nitrogens is 2. The third-order valence-corrected chi connectivity index (χ3v) is 5.03. The van der Waals surface area contributed by atoms with Crippen LogP contribution in [-0.2, 0) is 0 Å². The summed E-state index contributed by atoms with van der Waals surface area (Å²) in [5.41, 5.74) is 7.46. The molecule has 1 fully saturated rings. The summed E-state index contributed by atoms with van der Waals surface area (Å²) >= 11 is 0. The highest BCUT2D eigenvalue weighted by atomic mass is 19.1. The molecule has 1 aliphatic rings. The van der Waals surface area contributed by atoms with Gasteiger partial charge in [-0.1, -0.05) is 24.3 Å². The molecule has 2 heterocycles. The van der Waals surface area contributed by atoms with Gasteiger partial charge >= 0.3 is 0 Å². The van der Waals surface area contributed by atoms with E-state index in [4.69, 9.17) is 5.73 Å². The lowest BCUT2D eigenvalue weighted by Crippen LogP contribution is -2.36. The standard InChI is InChI=1S/C20H21FN4/c21-16-7-5-15(6-8-16)19-17-3-1-2-4-18(17)20(24-23-19)25-11-9-14(13-22)10-12-25/h1-8,14H,9-13,22H2. The largest absolute Gasteiger partial charge is 0.355 e. The van der Waals surface area contributed by atoms with Crippen LogP contribution in [0.3, 0.4) is 0 Å². The molecule has 2 N–H and O–H groups in total. The number of benzene rings is 2. The molecule has 4 rings (SSSR count). The first-order valence-corrected chi connectivity index (χ1v) is 8.72. The van der Waals surface area contributed by atoms with Crippen LogP contribution in [0, 0.1) is 11.7 Å². The van der Waals surface area contributed by atoms with Crippen LogP contribution >= 0.6 is 0 Å². The quantitative estimate of drug-likeness (QED) is 0.794. The normalized spacial score (nSPS) is 15.7. The van der Waals surface area contributed by atoms with E-state index in [1.165, 1.54) is 12.1 Å². The molecule has 128 valence electrons. The topological polar surface area (TPSA) is 55.0 Å². The van der Waals surface area contributed by atoms with Crippen LogP contribution in [0.5, 0.6) is 0 Å². The Morgan fingerprint density at radius 2 is 1.64 bits per heavy atom. The van der Waals surface area contributed by atoms with Gasteiger partial charge in [-0.05, 0) is 49.6 Å². The molecule has 1 aromatic heterocycles. The maximum Gasteiger partial charge on any atom is 0.159 e. The number of nitrogens with two attached hydrogens (primary N) is 1. The van der Waals surface area contributed by atoms with E-state index >= 15 is 0 Å². The number of hydrogen-bond acceptors (Lipinski definition) is 4. The molecule has 1 aliphatic heterocycles. The highest BCUT2D eigenvalue weighted by Crippen LogP contribution is 2.32. The zero-order valence-electron chi connectivity index (χ0n) is 14.0. The van der Waals surface area contributed by atoms with Crippen LogP contribution in [0.15, 0.2) is 48.5 Å². The summed E-state index contributed by atoms with van der Waals surface area (Å²) in [4.78, 5) is 2.30. The van der Waals surface area contributed by atoms with Crippen LogP contribution in [0.1, 0.15) is 12.8 Å². The second kappa shape index (κ2) is 6.76. The molecule has 0 bridgehead atoms. The van der Waals surface area contributed by atoms with Crippen molar-refractivity contribution < 1.29 is 4.39 Å². The Morgan fingerprint density at radius 3 is 2.32 bits per heavy atom. The summed E-state index contributed by atoms with van der Waals surface area (Å²) in [5, 5.41) is 11.1. The highest BCUT2D eigenvalue weighted by molar-refractivity contribution is 6.00. The first kappa shape index (κ1) is 16.0. The molecule has 0 aliphatic carbocycles. The minimum atomic E-state index is -0.250. The molecule has 3 aromatic rings. The first-order valence-electron chi connectivity index (χ1n) is 8.72. The van der Waals surface area contributed by atoms with Crippen molar-refractivity contribution in [2.45, 2.75) is 12.8 Å². The van der Waals surface area contributed by atoms with Crippen molar-refractivity contribution in [3.8, 4) is 11.3 Å². The van der Waals surface area contributed by atoms with Crippen molar-refractivity contribution in [2.75, 3.05) is 24.5 Å². The zero-order chi connectivity index (χ0) is 17.2. The zero-order valence-corrected chi connectivity index (χ0v) is 14.0. The maximum absolute atomic E-state index is 13.2. The second-order valence-corrected chi connectivity index (χ2v) is 6.59. The van der Waals surface area contributed by atoms with Crippen LogP contribution in [0.2, 0.25) is 0 Å². The molecule has 0 saturated carbocycles. The van der Waals surface area contributed by atoms with Gasteiger partial charge in [-0.3, -0.25) is 0 Å². The van der Waals surface area contributed by atoms with E-state index < -0.39 is 0 Å². The summed E-state index contributed by atoms with van der Waals surface area (Å²) in [6, 6.07) is 14.6. The van der Waals surface area contributed by atoms with E-state index in [1.807, 2.05) is 12.1 Å². The van der Waals surface area contributed by atoms with Crippen molar-refractivity contribution in [2.24, 2.45) is 11.7 Å². The number of hydrogen-bond donors (Lipinski definition) is 1. The second-order valence-electron chi connectivity index (χ2n) is 6.59. The number of piperidine rings is 1. The van der Waals surface area contributed by atoms with Crippen LogP contribution in [0.25, 0.3) is 22.0 Å². The Hall–Kier alpha value is -2.53. The highest BCUT2D eigenvalue weighted by Gasteiger charge is 2.22. The van der Waals surface area contributed by atoms with Gasteiger partial charge in [0, 0.05) is 29.4 Å². The van der Waals surface area contributed by atoms with E-state index in [1.54, 1.807) is 12.1 Å². The van der Waals surface area contributed by atoms with Crippen LogP contribution in [0.4, 0.5) is 10.2 Å². The average Bonchev–Trinajstić information content (AvgIpc) is 2.68. The van der Waals surface area contributed by atoms with Gasteiger partial charge in [0.15, 0.2) is 5.82 Å². The summed E-state index contributed by atoms with van der Waals surface area (Å²) < 4.78 is 13.2. The Kier molecular flexibility index (Phi) is 4.32. The van der Waals surface area contributed by atoms with Gasteiger partial charge in [0.05, 0.1) is 0 Å². The fourth-order valence-electron chi connectivity index (χ4n) is 3.52. The van der Waals surface area contributed by atoms with Gasteiger partial charge in [-0.2, -0.15) is 0 Å². The lowest BCUT2D eigenvalue weighted by atomic mass is 9.96. The summed E-state index contributed by atoms with van der Waals surface area (Å²) in [6.45, 7) is 2.66. The molecular weight excluding hydrogens is 315 g/mol. The molecule has 5 heteroatoms. The first-order chi connectivity index (χ1) is 12.3. The number of rotatable bonds is 3. The fourth-order valence-corrected chi connectivity index (χ4v) is 3.52. The monoisotopic (exact) mass is 336 g/mol. The van der Waals surface area contributed by atoms with Gasteiger partial charge in [-0.25, -0.2) is 4.39 Å². The smallest absolute Gasteiger partial charge is 0.159 e. The molecule has 4 nitrogen and oxygen atoms in total. The van der Waals surface area contributed by atoms with E-state index in [0.717, 1.165) is 60.3 Å². The van der Waals surface area contributed by atoms with Crippen LogP contribution < -0.4 is 10.6 Å². The van der Waals surface area contributed by atoms with Gasteiger partial charge in [0.25, 0.3) is 0 Å². The minimum absolute atomic E-state index is 0.250. The number of fused-ring (bicyclic) bond motifs is 1. The van der Waals surface area contributed by atoms with Gasteiger partial charge in [-0.15, -0.1) is 10.2 Å². The fraction of sp³-hybridized carbons (Fsp3) is 0.300. The van der Waals surface area contributed by atoms with Crippen molar-refractivity contribution in [3.05, 3.63) is 54.3 Å². The van der Waals surface area contributed by atoms with Gasteiger partial charge in [0.2, 0.25) is 0 Å².